The molecule has 0 radical (unpaired) electrons. The van der Waals surface area contributed by atoms with E-state index in [1.807, 2.05) is 21.8 Å². The quantitative estimate of drug-likeness (QED) is 0.345. The monoisotopic (exact) mass is 566 g/mol. The van der Waals surface area contributed by atoms with Crippen LogP contribution in [0, 0.1) is 5.41 Å². The standard InChI is InChI=1S/C28H29F3N8O2/c1-27(7-8-27)25(40)37-9-5-22(6-10-37)38-16-20(14-34-38)19-12-24-32-15-23(39(24)35-13-19)18-3-2-4-21(11-18)36-26(41)33-17-28(29,30)31/h2-4,11-16,22H,5-10,17H2,1H3,(H2,33,36,41). The van der Waals surface area contributed by atoms with Crippen LogP contribution in [0.4, 0.5) is 23.7 Å². The number of aromatic nitrogens is 5. The Balaban J connectivity index is 1.13. The lowest BCUT2D eigenvalue weighted by Crippen LogP contribution is -2.42. The van der Waals surface area contributed by atoms with Crippen LogP contribution in [0.5, 0.6) is 0 Å². The van der Waals surface area contributed by atoms with Gasteiger partial charge in [-0.3, -0.25) is 9.48 Å². The molecule has 2 fully saturated rings. The Morgan fingerprint density at radius 3 is 2.51 bits per heavy atom. The van der Waals surface area contributed by atoms with E-state index in [0.29, 0.717) is 22.6 Å². The molecular formula is C28H29F3N8O2. The molecule has 3 amide bonds. The van der Waals surface area contributed by atoms with Gasteiger partial charge in [0.2, 0.25) is 5.91 Å². The molecule has 2 aliphatic rings. The maximum atomic E-state index is 12.7. The minimum absolute atomic E-state index is 0.139. The summed E-state index contributed by atoms with van der Waals surface area (Å²) >= 11 is 0. The molecule has 13 heteroatoms. The highest BCUT2D eigenvalue weighted by molar-refractivity contribution is 5.90. The molecule has 214 valence electrons. The number of nitrogens with zero attached hydrogens (tertiary/aromatic N) is 6. The van der Waals surface area contributed by atoms with E-state index in [1.54, 1.807) is 52.7 Å². The average molecular weight is 567 g/mol. The van der Waals surface area contributed by atoms with Crippen LogP contribution in [0.2, 0.25) is 0 Å². The molecule has 1 saturated heterocycles. The number of fused-ring (bicyclic) bond motifs is 1. The van der Waals surface area contributed by atoms with Gasteiger partial charge in [-0.2, -0.15) is 23.4 Å². The van der Waals surface area contributed by atoms with Crippen LogP contribution in [0.25, 0.3) is 28.0 Å². The van der Waals surface area contributed by atoms with Gasteiger partial charge in [0.15, 0.2) is 5.65 Å². The highest BCUT2D eigenvalue weighted by Crippen LogP contribution is 2.47. The number of likely N-dealkylation sites (tertiary alicyclic amines) is 1. The van der Waals surface area contributed by atoms with Gasteiger partial charge in [0.1, 0.15) is 6.54 Å². The van der Waals surface area contributed by atoms with Crippen LogP contribution in [0.15, 0.2) is 55.1 Å². The van der Waals surface area contributed by atoms with Crippen LogP contribution >= 0.6 is 0 Å². The summed E-state index contributed by atoms with van der Waals surface area (Å²) in [6, 6.07) is 7.88. The van der Waals surface area contributed by atoms with Gasteiger partial charge in [-0.1, -0.05) is 19.1 Å². The van der Waals surface area contributed by atoms with E-state index in [2.05, 4.69) is 27.4 Å². The number of imidazole rings is 1. The molecule has 1 aliphatic carbocycles. The summed E-state index contributed by atoms with van der Waals surface area (Å²) in [6.45, 7) is 2.12. The van der Waals surface area contributed by atoms with Crippen molar-refractivity contribution in [3.63, 3.8) is 0 Å². The maximum Gasteiger partial charge on any atom is 0.405 e. The fraction of sp³-hybridized carbons (Fsp3) is 0.393. The summed E-state index contributed by atoms with van der Waals surface area (Å²) in [4.78, 5) is 31.0. The molecule has 1 aromatic carbocycles. The second kappa shape index (κ2) is 10.2. The first-order chi connectivity index (χ1) is 19.6. The van der Waals surface area contributed by atoms with Crippen molar-refractivity contribution in [1.82, 2.24) is 34.6 Å². The summed E-state index contributed by atoms with van der Waals surface area (Å²) in [5, 5.41) is 13.4. The first-order valence-corrected chi connectivity index (χ1v) is 13.5. The Hall–Kier alpha value is -4.42. The van der Waals surface area contributed by atoms with Crippen molar-refractivity contribution >= 4 is 23.3 Å². The van der Waals surface area contributed by atoms with Crippen LogP contribution in [-0.2, 0) is 4.79 Å². The largest absolute Gasteiger partial charge is 0.405 e. The molecule has 41 heavy (non-hydrogen) atoms. The van der Waals surface area contributed by atoms with Crippen molar-refractivity contribution in [1.29, 1.82) is 0 Å². The zero-order valence-electron chi connectivity index (χ0n) is 22.4. The Morgan fingerprint density at radius 2 is 1.78 bits per heavy atom. The molecule has 0 bridgehead atoms. The molecule has 1 saturated carbocycles. The van der Waals surface area contributed by atoms with Crippen molar-refractivity contribution in [2.45, 2.75) is 44.8 Å². The molecule has 4 heterocycles. The molecule has 6 rings (SSSR count). The van der Waals surface area contributed by atoms with E-state index >= 15 is 0 Å². The topological polar surface area (TPSA) is 109 Å². The zero-order chi connectivity index (χ0) is 28.8. The van der Waals surface area contributed by atoms with Crippen LogP contribution in [0.3, 0.4) is 0 Å². The number of piperidine rings is 1. The minimum Gasteiger partial charge on any atom is -0.342 e. The Kier molecular flexibility index (Phi) is 6.66. The number of anilines is 1. The molecule has 0 spiro atoms. The molecular weight excluding hydrogens is 537 g/mol. The third-order valence-electron chi connectivity index (χ3n) is 7.80. The van der Waals surface area contributed by atoms with Crippen LogP contribution in [-0.4, -0.2) is 67.0 Å². The number of rotatable bonds is 6. The third kappa shape index (κ3) is 5.74. The number of amides is 3. The van der Waals surface area contributed by atoms with Crippen molar-refractivity contribution in [3.05, 3.63) is 55.1 Å². The van der Waals surface area contributed by atoms with Gasteiger partial charge in [0, 0.05) is 47.1 Å². The zero-order valence-corrected chi connectivity index (χ0v) is 22.4. The van der Waals surface area contributed by atoms with Gasteiger partial charge in [-0.05, 0) is 43.9 Å². The smallest absolute Gasteiger partial charge is 0.342 e. The fourth-order valence-corrected chi connectivity index (χ4v) is 5.15. The number of urea groups is 1. The van der Waals surface area contributed by atoms with E-state index < -0.39 is 18.8 Å². The summed E-state index contributed by atoms with van der Waals surface area (Å²) in [5.74, 6) is 0.282. The predicted octanol–water partition coefficient (Wildman–Crippen LogP) is 4.91. The van der Waals surface area contributed by atoms with Gasteiger partial charge in [0.25, 0.3) is 0 Å². The number of benzene rings is 1. The Bertz CT molecular complexity index is 1600. The molecule has 3 aromatic heterocycles. The lowest BCUT2D eigenvalue weighted by molar-refractivity contribution is -0.137. The van der Waals surface area contributed by atoms with Crippen LogP contribution in [0.1, 0.15) is 38.6 Å². The summed E-state index contributed by atoms with van der Waals surface area (Å²) in [7, 11) is 0. The van der Waals surface area contributed by atoms with Gasteiger partial charge in [-0.25, -0.2) is 14.3 Å². The summed E-state index contributed by atoms with van der Waals surface area (Å²) < 4.78 is 40.7. The lowest BCUT2D eigenvalue weighted by atomic mass is 10.0. The van der Waals surface area contributed by atoms with E-state index in [-0.39, 0.29) is 17.4 Å². The van der Waals surface area contributed by atoms with Crippen molar-refractivity contribution in [2.75, 3.05) is 25.0 Å². The summed E-state index contributed by atoms with van der Waals surface area (Å²) in [6.07, 6.45) is 6.39. The van der Waals surface area contributed by atoms with Crippen LogP contribution < -0.4 is 10.6 Å². The first-order valence-electron chi connectivity index (χ1n) is 13.5. The molecule has 1 aliphatic heterocycles. The SMILES string of the molecule is CC1(C(=O)N2CCC(n3cc(-c4cnn5c(-c6cccc(NC(=O)NCC(F)(F)F)c6)cnc5c4)cn3)CC2)CC1. The van der Waals surface area contributed by atoms with Gasteiger partial charge < -0.3 is 15.5 Å². The normalized spacial score (nSPS) is 17.0. The molecule has 0 unspecified atom stereocenters. The van der Waals surface area contributed by atoms with Crippen molar-refractivity contribution in [3.8, 4) is 22.4 Å². The highest BCUT2D eigenvalue weighted by atomic mass is 19.4. The van der Waals surface area contributed by atoms with E-state index in [1.165, 1.54) is 0 Å². The van der Waals surface area contributed by atoms with E-state index in [9.17, 15) is 22.8 Å². The lowest BCUT2D eigenvalue weighted by Gasteiger charge is -2.33. The van der Waals surface area contributed by atoms with E-state index in [0.717, 1.165) is 49.9 Å². The number of hydrogen-bond donors (Lipinski definition) is 2. The fourth-order valence-electron chi connectivity index (χ4n) is 5.15. The van der Waals surface area contributed by atoms with Crippen molar-refractivity contribution in [2.24, 2.45) is 5.41 Å². The number of halogens is 3. The molecule has 4 aromatic rings. The number of carbonyl (C=O) groups excluding carboxylic acids is 2. The van der Waals surface area contributed by atoms with Gasteiger partial charge >= 0.3 is 12.2 Å². The first kappa shape index (κ1) is 26.8. The molecule has 2 N–H and O–H groups in total. The second-order valence-electron chi connectivity index (χ2n) is 11.0. The van der Waals surface area contributed by atoms with Gasteiger partial charge in [-0.15, -0.1) is 0 Å². The third-order valence-corrected chi connectivity index (χ3v) is 7.80. The average Bonchev–Trinajstić information content (AvgIpc) is 3.34. The Morgan fingerprint density at radius 1 is 1.02 bits per heavy atom. The highest BCUT2D eigenvalue weighted by Gasteiger charge is 2.47. The number of alkyl halides is 3. The number of hydrogen-bond acceptors (Lipinski definition) is 5. The number of carbonyl (C=O) groups is 2. The Labute approximate surface area is 233 Å². The molecule has 10 nitrogen and oxygen atoms in total. The minimum atomic E-state index is -4.49. The van der Waals surface area contributed by atoms with Crippen molar-refractivity contribution < 1.29 is 22.8 Å². The second-order valence-corrected chi connectivity index (χ2v) is 11.0. The van der Waals surface area contributed by atoms with E-state index in [4.69, 9.17) is 0 Å². The predicted molar refractivity (Wildman–Crippen MR) is 145 cm³/mol. The maximum absolute atomic E-state index is 12.7. The van der Waals surface area contributed by atoms with Gasteiger partial charge in [0.05, 0.1) is 30.3 Å². The summed E-state index contributed by atoms with van der Waals surface area (Å²) in [5.41, 5.74) is 3.89. The number of nitrogens with one attached hydrogen (secondary N) is 2. The molecule has 0 atom stereocenters.